The molecule has 2 rings (SSSR count). The summed E-state index contributed by atoms with van der Waals surface area (Å²) in [7, 11) is 0. The Balaban J connectivity index is 2.19. The molecule has 1 aliphatic rings. The van der Waals surface area contributed by atoms with E-state index in [1.807, 2.05) is 19.1 Å². The maximum absolute atomic E-state index is 10.5. The summed E-state index contributed by atoms with van der Waals surface area (Å²) >= 11 is 0. The minimum Gasteiger partial charge on any atom is -0.211 e. The lowest BCUT2D eigenvalue weighted by Crippen LogP contribution is -2.24. The van der Waals surface area contributed by atoms with Crippen LogP contribution in [-0.2, 0) is 16.0 Å². The Morgan fingerprint density at radius 2 is 1.95 bits per heavy atom. The van der Waals surface area contributed by atoms with Gasteiger partial charge in [-0.2, -0.15) is 4.99 Å². The molecule has 0 spiro atoms. The van der Waals surface area contributed by atoms with Crippen molar-refractivity contribution in [2.24, 2.45) is 15.9 Å². The Labute approximate surface area is 118 Å². The SMILES string of the molecule is Cc1cc(CC2CCCCC2N=C=O)cc(N=C=O)c1. The predicted octanol–water partition coefficient (Wildman–Crippen LogP) is 3.40. The van der Waals surface area contributed by atoms with Crippen molar-refractivity contribution in [2.75, 3.05) is 0 Å². The van der Waals surface area contributed by atoms with Crippen LogP contribution in [0.2, 0.25) is 0 Å². The smallest absolute Gasteiger partial charge is 0.211 e. The molecule has 0 aliphatic heterocycles. The minimum absolute atomic E-state index is 0.0831. The van der Waals surface area contributed by atoms with Crippen molar-refractivity contribution in [1.29, 1.82) is 0 Å². The largest absolute Gasteiger partial charge is 0.240 e. The third kappa shape index (κ3) is 3.74. The van der Waals surface area contributed by atoms with E-state index in [1.165, 1.54) is 6.42 Å². The zero-order chi connectivity index (χ0) is 14.4. The maximum Gasteiger partial charge on any atom is 0.240 e. The molecule has 0 radical (unpaired) electrons. The Morgan fingerprint density at radius 3 is 2.70 bits per heavy atom. The Bertz CT molecular complexity index is 570. The number of hydrogen-bond acceptors (Lipinski definition) is 4. The van der Waals surface area contributed by atoms with E-state index in [0.717, 1.165) is 36.8 Å². The molecule has 2 unspecified atom stereocenters. The normalized spacial score (nSPS) is 21.6. The van der Waals surface area contributed by atoms with Gasteiger partial charge in [0.05, 0.1) is 11.7 Å². The van der Waals surface area contributed by atoms with E-state index in [1.54, 1.807) is 12.2 Å². The zero-order valence-corrected chi connectivity index (χ0v) is 11.6. The van der Waals surface area contributed by atoms with E-state index in [-0.39, 0.29) is 6.04 Å². The maximum atomic E-state index is 10.5. The highest BCUT2D eigenvalue weighted by atomic mass is 16.1. The van der Waals surface area contributed by atoms with Crippen molar-refractivity contribution in [1.82, 2.24) is 0 Å². The van der Waals surface area contributed by atoms with Gasteiger partial charge in [0.25, 0.3) is 0 Å². The lowest BCUT2D eigenvalue weighted by atomic mass is 9.81. The van der Waals surface area contributed by atoms with Gasteiger partial charge in [-0.15, -0.1) is 0 Å². The van der Waals surface area contributed by atoms with Gasteiger partial charge in [-0.3, -0.25) is 0 Å². The topological polar surface area (TPSA) is 58.9 Å². The molecule has 0 N–H and O–H groups in total. The van der Waals surface area contributed by atoms with E-state index >= 15 is 0 Å². The van der Waals surface area contributed by atoms with Gasteiger partial charge in [-0.25, -0.2) is 14.6 Å². The average Bonchev–Trinajstić information content (AvgIpc) is 2.41. The third-order valence-corrected chi connectivity index (χ3v) is 3.88. The van der Waals surface area contributed by atoms with Gasteiger partial charge in [-0.1, -0.05) is 18.9 Å². The summed E-state index contributed by atoms with van der Waals surface area (Å²) in [5, 5.41) is 0. The van der Waals surface area contributed by atoms with E-state index < -0.39 is 0 Å². The molecule has 1 aromatic carbocycles. The summed E-state index contributed by atoms with van der Waals surface area (Å²) in [6.45, 7) is 1.98. The standard InChI is InChI=1S/C16H18N2O2/c1-12-6-13(9-15(7-12)17-10-19)8-14-4-2-3-5-16(14)18-11-20/h6-7,9,14,16H,2-5,8H2,1H3. The molecule has 1 aliphatic carbocycles. The summed E-state index contributed by atoms with van der Waals surface area (Å²) in [5.74, 6) is 0.375. The first-order chi connectivity index (χ1) is 9.72. The molecule has 0 heterocycles. The molecule has 0 bridgehead atoms. The minimum atomic E-state index is 0.0831. The van der Waals surface area contributed by atoms with Crippen molar-refractivity contribution in [2.45, 2.75) is 45.1 Å². The highest BCUT2D eigenvalue weighted by Crippen LogP contribution is 2.30. The van der Waals surface area contributed by atoms with Crippen LogP contribution in [0.25, 0.3) is 0 Å². The number of aryl methyl sites for hydroxylation is 1. The van der Waals surface area contributed by atoms with Crippen LogP contribution in [0.15, 0.2) is 28.2 Å². The summed E-state index contributed by atoms with van der Waals surface area (Å²) < 4.78 is 0. The molecular weight excluding hydrogens is 252 g/mol. The van der Waals surface area contributed by atoms with Crippen molar-refractivity contribution >= 4 is 17.8 Å². The first-order valence-corrected chi connectivity index (χ1v) is 6.98. The first kappa shape index (κ1) is 14.4. The summed E-state index contributed by atoms with van der Waals surface area (Å²) in [5.41, 5.74) is 2.85. The van der Waals surface area contributed by atoms with Crippen LogP contribution in [0.4, 0.5) is 5.69 Å². The van der Waals surface area contributed by atoms with Gasteiger partial charge in [0, 0.05) is 0 Å². The molecule has 0 aromatic heterocycles. The van der Waals surface area contributed by atoms with Crippen LogP contribution in [0, 0.1) is 12.8 Å². The third-order valence-electron chi connectivity index (χ3n) is 3.88. The molecule has 1 fully saturated rings. The van der Waals surface area contributed by atoms with Crippen LogP contribution in [0.3, 0.4) is 0 Å². The summed E-state index contributed by atoms with van der Waals surface area (Å²) in [6, 6.07) is 5.95. The van der Waals surface area contributed by atoms with Gasteiger partial charge < -0.3 is 0 Å². The van der Waals surface area contributed by atoms with Crippen molar-refractivity contribution in [3.05, 3.63) is 29.3 Å². The number of aliphatic imine (C=N–C) groups is 2. The first-order valence-electron chi connectivity index (χ1n) is 6.98. The van der Waals surface area contributed by atoms with Crippen molar-refractivity contribution in [3.63, 3.8) is 0 Å². The van der Waals surface area contributed by atoms with Gasteiger partial charge >= 0.3 is 0 Å². The van der Waals surface area contributed by atoms with Gasteiger partial charge in [0.2, 0.25) is 12.2 Å². The summed E-state index contributed by atoms with van der Waals surface area (Å²) in [6.07, 6.45) is 8.49. The monoisotopic (exact) mass is 270 g/mol. The van der Waals surface area contributed by atoms with Gasteiger partial charge in [-0.05, 0) is 55.4 Å². The molecule has 1 saturated carbocycles. The predicted molar refractivity (Wildman–Crippen MR) is 76.5 cm³/mol. The number of benzene rings is 1. The lowest BCUT2D eigenvalue weighted by molar-refractivity contribution is 0.307. The van der Waals surface area contributed by atoms with Crippen LogP contribution >= 0.6 is 0 Å². The fourth-order valence-electron chi connectivity index (χ4n) is 3.04. The quantitative estimate of drug-likeness (QED) is 0.622. The van der Waals surface area contributed by atoms with E-state index in [9.17, 15) is 9.59 Å². The number of nitrogens with zero attached hydrogens (tertiary/aromatic N) is 2. The Kier molecular flexibility index (Phi) is 5.00. The number of rotatable bonds is 4. The molecule has 20 heavy (non-hydrogen) atoms. The fraction of sp³-hybridized carbons (Fsp3) is 0.500. The van der Waals surface area contributed by atoms with Gasteiger partial charge in [0.15, 0.2) is 0 Å². The second-order valence-corrected chi connectivity index (χ2v) is 5.42. The van der Waals surface area contributed by atoms with Crippen molar-refractivity contribution < 1.29 is 9.59 Å². The van der Waals surface area contributed by atoms with Crippen LogP contribution in [0.1, 0.15) is 36.8 Å². The van der Waals surface area contributed by atoms with Crippen LogP contribution < -0.4 is 0 Å². The van der Waals surface area contributed by atoms with E-state index in [4.69, 9.17) is 0 Å². The second kappa shape index (κ2) is 6.95. The molecule has 4 heteroatoms. The molecule has 0 saturated heterocycles. The second-order valence-electron chi connectivity index (χ2n) is 5.42. The highest BCUT2D eigenvalue weighted by molar-refractivity contribution is 5.51. The highest BCUT2D eigenvalue weighted by Gasteiger charge is 2.25. The van der Waals surface area contributed by atoms with E-state index in [0.29, 0.717) is 11.6 Å². The average molecular weight is 270 g/mol. The zero-order valence-electron chi connectivity index (χ0n) is 11.6. The van der Waals surface area contributed by atoms with E-state index in [2.05, 4.69) is 16.1 Å². The number of hydrogen-bond donors (Lipinski definition) is 0. The molecule has 0 amide bonds. The number of isocyanates is 2. The molecule has 1 aromatic rings. The Hall–Kier alpha value is -2.02. The Morgan fingerprint density at radius 1 is 1.15 bits per heavy atom. The fourth-order valence-corrected chi connectivity index (χ4v) is 3.04. The number of carbonyl (C=O) groups excluding carboxylic acids is 2. The van der Waals surface area contributed by atoms with Crippen molar-refractivity contribution in [3.8, 4) is 0 Å². The van der Waals surface area contributed by atoms with Gasteiger partial charge in [0.1, 0.15) is 0 Å². The molecule has 2 atom stereocenters. The van der Waals surface area contributed by atoms with Crippen LogP contribution in [0.5, 0.6) is 0 Å². The molecule has 104 valence electrons. The summed E-state index contributed by atoms with van der Waals surface area (Å²) in [4.78, 5) is 28.5. The molecular formula is C16H18N2O2. The van der Waals surface area contributed by atoms with Crippen LogP contribution in [-0.4, -0.2) is 18.2 Å². The lowest BCUT2D eigenvalue weighted by Gasteiger charge is -2.27. The molecule has 4 nitrogen and oxygen atoms in total.